The van der Waals surface area contributed by atoms with Crippen LogP contribution >= 0.6 is 0 Å². The number of hydrogen-bond acceptors (Lipinski definition) is 3. The molecule has 0 atom stereocenters. The summed E-state index contributed by atoms with van der Waals surface area (Å²) in [5, 5.41) is 20.6. The fourth-order valence-electron chi connectivity index (χ4n) is 3.31. The molecule has 3 nitrogen and oxygen atoms in total. The van der Waals surface area contributed by atoms with Crippen LogP contribution in [-0.4, -0.2) is 16.0 Å². The summed E-state index contributed by atoms with van der Waals surface area (Å²) in [7, 11) is 0. The van der Waals surface area contributed by atoms with Crippen molar-refractivity contribution in [2.45, 2.75) is 39.5 Å². The molecule has 0 amide bonds. The number of carbonyl (C=O) groups excluding carboxylic acids is 1. The second-order valence-electron chi connectivity index (χ2n) is 6.71. The highest BCUT2D eigenvalue weighted by molar-refractivity contribution is 6.15. The zero-order valence-electron chi connectivity index (χ0n) is 13.6. The third-order valence-corrected chi connectivity index (χ3v) is 4.54. The Morgan fingerprint density at radius 3 is 2.52 bits per heavy atom. The molecule has 0 aromatic heterocycles. The Hall–Kier alpha value is -2.29. The number of phenols is 2. The van der Waals surface area contributed by atoms with Gasteiger partial charge in [-0.3, -0.25) is 4.79 Å². The molecule has 3 heteroatoms. The molecule has 0 fully saturated rings. The number of benzene rings is 2. The van der Waals surface area contributed by atoms with Crippen LogP contribution in [0.2, 0.25) is 0 Å². The van der Waals surface area contributed by atoms with E-state index in [4.69, 9.17) is 0 Å². The van der Waals surface area contributed by atoms with Crippen molar-refractivity contribution in [2.24, 2.45) is 5.92 Å². The molecule has 0 saturated carbocycles. The van der Waals surface area contributed by atoms with Crippen molar-refractivity contribution in [3.05, 3.63) is 58.1 Å². The summed E-state index contributed by atoms with van der Waals surface area (Å²) in [5.41, 5.74) is 3.15. The van der Waals surface area contributed by atoms with Crippen LogP contribution in [0, 0.1) is 5.92 Å². The number of fused-ring (bicyclic) bond motifs is 2. The van der Waals surface area contributed by atoms with Crippen LogP contribution in [0.1, 0.15) is 59.3 Å². The van der Waals surface area contributed by atoms with Gasteiger partial charge in [-0.15, -0.1) is 0 Å². The normalized spacial score (nSPS) is 13.1. The van der Waals surface area contributed by atoms with E-state index in [1.165, 1.54) is 6.07 Å². The molecule has 2 N–H and O–H groups in total. The van der Waals surface area contributed by atoms with E-state index >= 15 is 0 Å². The molecule has 0 radical (unpaired) electrons. The summed E-state index contributed by atoms with van der Waals surface area (Å²) < 4.78 is 0. The zero-order valence-corrected chi connectivity index (χ0v) is 13.6. The predicted molar refractivity (Wildman–Crippen MR) is 90.2 cm³/mol. The summed E-state index contributed by atoms with van der Waals surface area (Å²) in [6.45, 7) is 4.35. The van der Waals surface area contributed by atoms with E-state index in [1.54, 1.807) is 6.07 Å². The van der Waals surface area contributed by atoms with Crippen molar-refractivity contribution in [1.29, 1.82) is 0 Å². The first-order valence-electron chi connectivity index (χ1n) is 8.18. The first-order chi connectivity index (χ1) is 11.0. The lowest BCUT2D eigenvalue weighted by Crippen LogP contribution is -2.16. The Labute approximate surface area is 136 Å². The third kappa shape index (κ3) is 2.83. The van der Waals surface area contributed by atoms with Gasteiger partial charge in [0, 0.05) is 0 Å². The van der Waals surface area contributed by atoms with E-state index in [-0.39, 0.29) is 17.3 Å². The van der Waals surface area contributed by atoms with Crippen molar-refractivity contribution in [3.63, 3.8) is 0 Å². The number of rotatable bonds is 4. The summed E-state index contributed by atoms with van der Waals surface area (Å²) in [6, 6.07) is 8.97. The van der Waals surface area contributed by atoms with Gasteiger partial charge in [0.15, 0.2) is 0 Å². The highest BCUT2D eigenvalue weighted by atomic mass is 16.3. The quantitative estimate of drug-likeness (QED) is 0.759. The second-order valence-corrected chi connectivity index (χ2v) is 6.71. The van der Waals surface area contributed by atoms with Crippen molar-refractivity contribution in [1.82, 2.24) is 0 Å². The van der Waals surface area contributed by atoms with Gasteiger partial charge in [0.1, 0.15) is 11.5 Å². The number of hydrogen-bond donors (Lipinski definition) is 2. The van der Waals surface area contributed by atoms with Crippen LogP contribution in [0.5, 0.6) is 11.5 Å². The fraction of sp³-hybridized carbons (Fsp3) is 0.350. The van der Waals surface area contributed by atoms with Gasteiger partial charge in [-0.1, -0.05) is 44.5 Å². The van der Waals surface area contributed by atoms with Crippen molar-refractivity contribution < 1.29 is 15.0 Å². The summed E-state index contributed by atoms with van der Waals surface area (Å²) >= 11 is 0. The molecule has 3 rings (SSSR count). The lowest BCUT2D eigenvalue weighted by Gasteiger charge is -2.21. The van der Waals surface area contributed by atoms with Crippen molar-refractivity contribution in [3.8, 4) is 11.5 Å². The highest BCUT2D eigenvalue weighted by Crippen LogP contribution is 2.38. The molecule has 0 aliphatic heterocycles. The molecule has 0 spiro atoms. The molecule has 23 heavy (non-hydrogen) atoms. The van der Waals surface area contributed by atoms with Crippen LogP contribution in [0.4, 0.5) is 0 Å². The van der Waals surface area contributed by atoms with Gasteiger partial charge in [-0.05, 0) is 47.9 Å². The number of carbonyl (C=O) groups is 1. The first kappa shape index (κ1) is 15.6. The van der Waals surface area contributed by atoms with E-state index in [0.717, 1.165) is 36.0 Å². The number of aromatic hydroxyl groups is 2. The molecule has 120 valence electrons. The minimum absolute atomic E-state index is 0.0113. The maximum atomic E-state index is 12.8. The Morgan fingerprint density at radius 2 is 1.78 bits per heavy atom. The highest BCUT2D eigenvalue weighted by Gasteiger charge is 2.29. The Morgan fingerprint density at radius 1 is 1.04 bits per heavy atom. The molecular formula is C20H22O3. The van der Waals surface area contributed by atoms with Crippen molar-refractivity contribution in [2.75, 3.05) is 0 Å². The molecule has 2 aromatic rings. The maximum absolute atomic E-state index is 12.8. The summed E-state index contributed by atoms with van der Waals surface area (Å²) in [5.74, 6) is 0.427. The number of aryl methyl sites for hydroxylation is 1. The van der Waals surface area contributed by atoms with Gasteiger partial charge in [-0.2, -0.15) is 0 Å². The molecule has 0 bridgehead atoms. The smallest absolute Gasteiger partial charge is 0.201 e. The van der Waals surface area contributed by atoms with E-state index < -0.39 is 0 Å². The molecule has 1 aliphatic rings. The average molecular weight is 310 g/mol. The Kier molecular flexibility index (Phi) is 4.12. The number of phenolic OH excluding ortho intramolecular Hbond substituents is 2. The molecule has 0 heterocycles. The average Bonchev–Trinajstić information content (AvgIpc) is 2.49. The fourth-order valence-corrected chi connectivity index (χ4v) is 3.31. The number of ketones is 1. The minimum atomic E-state index is -0.275. The van der Waals surface area contributed by atoms with Crippen molar-refractivity contribution >= 4 is 5.78 Å². The Bertz CT molecular complexity index is 760. The maximum Gasteiger partial charge on any atom is 0.201 e. The Balaban J connectivity index is 1.96. The molecule has 0 saturated heterocycles. The van der Waals surface area contributed by atoms with Gasteiger partial charge < -0.3 is 10.2 Å². The monoisotopic (exact) mass is 310 g/mol. The van der Waals surface area contributed by atoms with Gasteiger partial charge in [0.05, 0.1) is 11.1 Å². The lowest BCUT2D eigenvalue weighted by molar-refractivity contribution is 0.102. The van der Waals surface area contributed by atoms with E-state index in [0.29, 0.717) is 23.5 Å². The standard InChI is InChI=1S/C20H22O3/c1-12(2)5-3-6-13-9-10-15-11-14-7-4-8-16(21)17(14)20(23)18(15)19(13)22/h4,7-10,12,21-22H,3,5-6,11H2,1-2H3. The largest absolute Gasteiger partial charge is 0.507 e. The molecular weight excluding hydrogens is 288 g/mol. The predicted octanol–water partition coefficient (Wildman–Crippen LogP) is 4.21. The van der Waals surface area contributed by atoms with E-state index in [2.05, 4.69) is 13.8 Å². The summed E-state index contributed by atoms with van der Waals surface area (Å²) in [6.07, 6.45) is 3.40. The molecule has 0 unspecified atom stereocenters. The van der Waals surface area contributed by atoms with Gasteiger partial charge in [0.25, 0.3) is 0 Å². The van der Waals surface area contributed by atoms with Gasteiger partial charge >= 0.3 is 0 Å². The lowest BCUT2D eigenvalue weighted by atomic mass is 9.82. The van der Waals surface area contributed by atoms with E-state index in [9.17, 15) is 15.0 Å². The molecule has 2 aromatic carbocycles. The van der Waals surface area contributed by atoms with Crippen LogP contribution < -0.4 is 0 Å². The minimum Gasteiger partial charge on any atom is -0.507 e. The second kappa shape index (κ2) is 6.07. The van der Waals surface area contributed by atoms with Crippen LogP contribution in [-0.2, 0) is 12.8 Å². The molecule has 1 aliphatic carbocycles. The zero-order chi connectivity index (χ0) is 16.6. The van der Waals surface area contributed by atoms with E-state index in [1.807, 2.05) is 18.2 Å². The SMILES string of the molecule is CC(C)CCCc1ccc2c(c1O)C(=O)c1c(O)cccc1C2. The van der Waals surface area contributed by atoms with Crippen LogP contribution in [0.15, 0.2) is 30.3 Å². The van der Waals surface area contributed by atoms with Crippen LogP contribution in [0.25, 0.3) is 0 Å². The first-order valence-corrected chi connectivity index (χ1v) is 8.18. The topological polar surface area (TPSA) is 57.5 Å². The summed E-state index contributed by atoms with van der Waals surface area (Å²) in [4.78, 5) is 12.8. The van der Waals surface area contributed by atoms with Crippen LogP contribution in [0.3, 0.4) is 0 Å². The van der Waals surface area contributed by atoms with Gasteiger partial charge in [-0.25, -0.2) is 0 Å². The third-order valence-electron chi connectivity index (χ3n) is 4.54. The van der Waals surface area contributed by atoms with Gasteiger partial charge in [0.2, 0.25) is 5.78 Å².